The van der Waals surface area contributed by atoms with Crippen molar-refractivity contribution in [3.63, 3.8) is 0 Å². The molecule has 0 bridgehead atoms. The van der Waals surface area contributed by atoms with Gasteiger partial charge in [0.05, 0.1) is 11.3 Å². The molecule has 2 aromatic carbocycles. The van der Waals surface area contributed by atoms with E-state index in [1.165, 1.54) is 6.07 Å². The maximum atomic E-state index is 14.2. The first kappa shape index (κ1) is 17.9. The molecule has 1 aliphatic heterocycles. The Morgan fingerprint density at radius 3 is 2.77 bits per heavy atom. The van der Waals surface area contributed by atoms with Crippen molar-refractivity contribution in [3.8, 4) is 0 Å². The van der Waals surface area contributed by atoms with Crippen LogP contribution in [-0.4, -0.2) is 38.0 Å². The Hall–Kier alpha value is -2.86. The smallest absolute Gasteiger partial charge is 0.257 e. The fourth-order valence-corrected chi connectivity index (χ4v) is 2.80. The lowest BCUT2D eigenvalue weighted by molar-refractivity contribution is -0.110. The molecule has 3 rings (SSSR count). The molecule has 0 unspecified atom stereocenters. The van der Waals surface area contributed by atoms with E-state index in [0.717, 1.165) is 24.2 Å². The van der Waals surface area contributed by atoms with E-state index >= 15 is 0 Å². The van der Waals surface area contributed by atoms with Crippen LogP contribution in [0.1, 0.15) is 12.0 Å². The van der Waals surface area contributed by atoms with E-state index in [4.69, 9.17) is 0 Å². The molecule has 3 N–H and O–H groups in total. The molecule has 1 amide bonds. The SMILES string of the molecule is CN(C)CCCNc1ccc(N/C=C2\C(=O)Nc3ccccc32)cc1F. The molecule has 0 saturated carbocycles. The number of hydrogen-bond donors (Lipinski definition) is 3. The van der Waals surface area contributed by atoms with E-state index in [0.29, 0.717) is 23.5 Å². The van der Waals surface area contributed by atoms with Crippen LogP contribution in [0.5, 0.6) is 0 Å². The number of fused-ring (bicyclic) bond motifs is 1. The van der Waals surface area contributed by atoms with Gasteiger partial charge in [-0.2, -0.15) is 0 Å². The molecule has 1 heterocycles. The third kappa shape index (κ3) is 4.21. The predicted molar refractivity (Wildman–Crippen MR) is 105 cm³/mol. The average molecular weight is 354 g/mol. The summed E-state index contributed by atoms with van der Waals surface area (Å²) >= 11 is 0. The Balaban J connectivity index is 1.64. The zero-order chi connectivity index (χ0) is 18.5. The number of rotatable bonds is 7. The number of amides is 1. The summed E-state index contributed by atoms with van der Waals surface area (Å²) in [6, 6.07) is 12.4. The maximum Gasteiger partial charge on any atom is 0.257 e. The summed E-state index contributed by atoms with van der Waals surface area (Å²) in [5, 5.41) is 8.92. The van der Waals surface area contributed by atoms with Gasteiger partial charge < -0.3 is 20.9 Å². The number of halogens is 1. The van der Waals surface area contributed by atoms with Crippen molar-refractivity contribution in [1.29, 1.82) is 0 Å². The van der Waals surface area contributed by atoms with Crippen LogP contribution in [0.4, 0.5) is 21.5 Å². The molecule has 2 aromatic rings. The molecule has 0 spiro atoms. The van der Waals surface area contributed by atoms with Gasteiger partial charge in [-0.15, -0.1) is 0 Å². The van der Waals surface area contributed by atoms with Crippen molar-refractivity contribution in [3.05, 3.63) is 60.0 Å². The zero-order valence-electron chi connectivity index (χ0n) is 15.0. The number of carbonyl (C=O) groups excluding carboxylic acids is 1. The second kappa shape index (κ2) is 8.01. The second-order valence-electron chi connectivity index (χ2n) is 6.48. The first-order valence-corrected chi connectivity index (χ1v) is 8.60. The molecule has 0 atom stereocenters. The summed E-state index contributed by atoms with van der Waals surface area (Å²) in [5.41, 5.74) is 3.22. The van der Waals surface area contributed by atoms with Crippen LogP contribution >= 0.6 is 0 Å². The Morgan fingerprint density at radius 2 is 2.00 bits per heavy atom. The third-order valence-electron chi connectivity index (χ3n) is 4.16. The van der Waals surface area contributed by atoms with Gasteiger partial charge in [-0.3, -0.25) is 4.79 Å². The van der Waals surface area contributed by atoms with Crippen molar-refractivity contribution in [2.45, 2.75) is 6.42 Å². The highest BCUT2D eigenvalue weighted by molar-refractivity contribution is 6.31. The maximum absolute atomic E-state index is 14.2. The second-order valence-corrected chi connectivity index (χ2v) is 6.48. The van der Waals surface area contributed by atoms with Crippen LogP contribution in [0.2, 0.25) is 0 Å². The fraction of sp³-hybridized carbons (Fsp3) is 0.250. The Morgan fingerprint density at radius 1 is 1.19 bits per heavy atom. The topological polar surface area (TPSA) is 56.4 Å². The highest BCUT2D eigenvalue weighted by Gasteiger charge is 2.23. The van der Waals surface area contributed by atoms with Crippen LogP contribution in [-0.2, 0) is 4.79 Å². The normalized spacial score (nSPS) is 14.5. The molecule has 0 aromatic heterocycles. The van der Waals surface area contributed by atoms with Crippen molar-refractivity contribution >= 4 is 28.5 Å². The lowest BCUT2D eigenvalue weighted by atomic mass is 10.1. The largest absolute Gasteiger partial charge is 0.383 e. The number of nitrogens with one attached hydrogen (secondary N) is 3. The minimum atomic E-state index is -0.325. The Labute approximate surface area is 152 Å². The van der Waals surface area contributed by atoms with Gasteiger partial charge in [0.15, 0.2) is 0 Å². The van der Waals surface area contributed by atoms with Crippen LogP contribution in [0.15, 0.2) is 48.7 Å². The van der Waals surface area contributed by atoms with Crippen LogP contribution in [0.25, 0.3) is 5.57 Å². The minimum absolute atomic E-state index is 0.168. The summed E-state index contributed by atoms with van der Waals surface area (Å²) in [6.07, 6.45) is 2.55. The van der Waals surface area contributed by atoms with E-state index in [-0.39, 0.29) is 11.7 Å². The monoisotopic (exact) mass is 354 g/mol. The molecular formula is C20H23FN4O. The van der Waals surface area contributed by atoms with Crippen LogP contribution < -0.4 is 16.0 Å². The number of hydrogen-bond acceptors (Lipinski definition) is 4. The summed E-state index contributed by atoms with van der Waals surface area (Å²) in [6.45, 7) is 1.66. The summed E-state index contributed by atoms with van der Waals surface area (Å²) < 4.78 is 14.2. The van der Waals surface area contributed by atoms with E-state index in [2.05, 4.69) is 20.9 Å². The number of carbonyl (C=O) groups is 1. The van der Waals surface area contributed by atoms with E-state index in [1.807, 2.05) is 38.4 Å². The summed E-state index contributed by atoms with van der Waals surface area (Å²) in [4.78, 5) is 14.2. The quantitative estimate of drug-likeness (QED) is 0.525. The molecule has 136 valence electrons. The lowest BCUT2D eigenvalue weighted by Gasteiger charge is -2.12. The number of para-hydroxylation sites is 1. The first-order valence-electron chi connectivity index (χ1n) is 8.60. The van der Waals surface area contributed by atoms with Gasteiger partial charge in [-0.1, -0.05) is 18.2 Å². The fourth-order valence-electron chi connectivity index (χ4n) is 2.80. The standard InChI is InChI=1S/C20H23FN4O/c1-25(2)11-5-10-22-19-9-8-14(12-17(19)21)23-13-16-15-6-3-4-7-18(15)24-20(16)26/h3-4,6-9,12-13,22-23H,5,10-11H2,1-2H3,(H,24,26)/b16-13-. The number of anilines is 3. The van der Waals surface area contributed by atoms with Gasteiger partial charge >= 0.3 is 0 Å². The van der Waals surface area contributed by atoms with Crippen LogP contribution in [0, 0.1) is 5.82 Å². The molecule has 0 fully saturated rings. The van der Waals surface area contributed by atoms with Gasteiger partial charge in [0.25, 0.3) is 5.91 Å². The Bertz CT molecular complexity index is 832. The highest BCUT2D eigenvalue weighted by Crippen LogP contribution is 2.31. The van der Waals surface area contributed by atoms with E-state index in [9.17, 15) is 9.18 Å². The number of nitrogens with zero attached hydrogens (tertiary/aromatic N) is 1. The van der Waals surface area contributed by atoms with E-state index < -0.39 is 0 Å². The van der Waals surface area contributed by atoms with Gasteiger partial charge in [0, 0.05) is 29.7 Å². The van der Waals surface area contributed by atoms with Crippen molar-refractivity contribution < 1.29 is 9.18 Å². The predicted octanol–water partition coefficient (Wildman–Crippen LogP) is 3.59. The van der Waals surface area contributed by atoms with E-state index in [1.54, 1.807) is 18.3 Å². The first-order chi connectivity index (χ1) is 12.5. The van der Waals surface area contributed by atoms with Gasteiger partial charge in [0.1, 0.15) is 5.82 Å². The van der Waals surface area contributed by atoms with Crippen molar-refractivity contribution in [2.24, 2.45) is 0 Å². The Kier molecular flexibility index (Phi) is 5.53. The van der Waals surface area contributed by atoms with Gasteiger partial charge in [-0.05, 0) is 51.3 Å². The van der Waals surface area contributed by atoms with Gasteiger partial charge in [-0.25, -0.2) is 4.39 Å². The molecule has 0 saturated heterocycles. The average Bonchev–Trinajstić information content (AvgIpc) is 2.93. The van der Waals surface area contributed by atoms with Crippen LogP contribution in [0.3, 0.4) is 0 Å². The molecule has 5 nitrogen and oxygen atoms in total. The molecule has 26 heavy (non-hydrogen) atoms. The number of benzene rings is 2. The third-order valence-corrected chi connectivity index (χ3v) is 4.16. The molecule has 1 aliphatic rings. The van der Waals surface area contributed by atoms with Gasteiger partial charge in [0.2, 0.25) is 0 Å². The highest BCUT2D eigenvalue weighted by atomic mass is 19.1. The molecular weight excluding hydrogens is 331 g/mol. The molecule has 0 aliphatic carbocycles. The molecule has 6 heteroatoms. The van der Waals surface area contributed by atoms with Crippen molar-refractivity contribution in [2.75, 3.05) is 43.1 Å². The lowest BCUT2D eigenvalue weighted by Crippen LogP contribution is -2.16. The zero-order valence-corrected chi connectivity index (χ0v) is 15.0. The minimum Gasteiger partial charge on any atom is -0.383 e. The molecule has 0 radical (unpaired) electrons. The summed E-state index contributed by atoms with van der Waals surface area (Å²) in [5.74, 6) is -0.493. The summed E-state index contributed by atoms with van der Waals surface area (Å²) in [7, 11) is 4.02. The van der Waals surface area contributed by atoms with Crippen molar-refractivity contribution in [1.82, 2.24) is 4.90 Å².